The summed E-state index contributed by atoms with van der Waals surface area (Å²) >= 11 is 0. The Morgan fingerprint density at radius 1 is 1.55 bits per heavy atom. The van der Waals surface area contributed by atoms with E-state index in [2.05, 4.69) is 10.6 Å². The zero-order valence-electron chi connectivity index (χ0n) is 6.60. The topological polar surface area (TPSA) is 41.1 Å². The Balaban J connectivity index is 1.65. The highest BCUT2D eigenvalue weighted by molar-refractivity contribution is 5.78. The van der Waals surface area contributed by atoms with Crippen molar-refractivity contribution in [2.45, 2.75) is 25.3 Å². The van der Waals surface area contributed by atoms with Gasteiger partial charge in [0.1, 0.15) is 0 Å². The number of amides is 1. The molecule has 62 valence electrons. The van der Waals surface area contributed by atoms with E-state index in [1.165, 1.54) is 12.8 Å². The van der Waals surface area contributed by atoms with E-state index in [-0.39, 0.29) is 5.91 Å². The summed E-state index contributed by atoms with van der Waals surface area (Å²) in [6.45, 7) is 1.89. The lowest BCUT2D eigenvalue weighted by Crippen LogP contribution is -2.25. The quantitative estimate of drug-likeness (QED) is 0.594. The molecule has 2 N–H and O–H groups in total. The Morgan fingerprint density at radius 2 is 2.36 bits per heavy atom. The highest BCUT2D eigenvalue weighted by Crippen LogP contribution is 2.19. The first-order valence-corrected chi connectivity index (χ1v) is 4.34. The van der Waals surface area contributed by atoms with Gasteiger partial charge < -0.3 is 10.6 Å². The molecule has 0 spiro atoms. The van der Waals surface area contributed by atoms with E-state index in [0.717, 1.165) is 25.6 Å². The third kappa shape index (κ3) is 1.93. The highest BCUT2D eigenvalue weighted by Gasteiger charge is 2.25. The summed E-state index contributed by atoms with van der Waals surface area (Å²) in [6.07, 6.45) is 3.38. The fraction of sp³-hybridized carbons (Fsp3) is 0.875. The average Bonchev–Trinajstić information content (AvgIpc) is 2.72. The normalized spacial score (nSPS) is 30.5. The van der Waals surface area contributed by atoms with Crippen LogP contribution in [0.15, 0.2) is 0 Å². The molecule has 2 rings (SSSR count). The standard InChI is InChI=1S/C8H14N2O/c11-8-3-6(5-10-8)4-9-7-1-2-7/h6-7,9H,1-5H2,(H,10,11)/t6-/m1/s1. The minimum absolute atomic E-state index is 0.215. The van der Waals surface area contributed by atoms with Crippen molar-refractivity contribution < 1.29 is 4.79 Å². The van der Waals surface area contributed by atoms with Crippen LogP contribution in [0.5, 0.6) is 0 Å². The lowest BCUT2D eigenvalue weighted by molar-refractivity contribution is -0.119. The van der Waals surface area contributed by atoms with Crippen LogP contribution >= 0.6 is 0 Å². The molecule has 1 aliphatic carbocycles. The molecule has 0 radical (unpaired) electrons. The van der Waals surface area contributed by atoms with Crippen LogP contribution in [0.3, 0.4) is 0 Å². The molecule has 1 atom stereocenters. The Labute approximate surface area is 66.5 Å². The van der Waals surface area contributed by atoms with E-state index < -0.39 is 0 Å². The fourth-order valence-electron chi connectivity index (χ4n) is 1.43. The Morgan fingerprint density at radius 3 is 2.91 bits per heavy atom. The molecule has 0 unspecified atom stereocenters. The number of hydrogen-bond acceptors (Lipinski definition) is 2. The first-order valence-electron chi connectivity index (χ1n) is 4.34. The minimum Gasteiger partial charge on any atom is -0.356 e. The number of carbonyl (C=O) groups excluding carboxylic acids is 1. The predicted octanol–water partition coefficient (Wildman–Crippen LogP) is -0.126. The zero-order valence-corrected chi connectivity index (χ0v) is 6.60. The molecule has 1 saturated carbocycles. The van der Waals surface area contributed by atoms with Crippen molar-refractivity contribution in [2.24, 2.45) is 5.92 Å². The van der Waals surface area contributed by atoms with Gasteiger partial charge in [0.05, 0.1) is 0 Å². The van der Waals surface area contributed by atoms with Crippen LogP contribution in [0, 0.1) is 5.92 Å². The first kappa shape index (κ1) is 7.10. The van der Waals surface area contributed by atoms with Gasteiger partial charge in [0.15, 0.2) is 0 Å². The molecule has 2 fully saturated rings. The van der Waals surface area contributed by atoms with E-state index in [1.54, 1.807) is 0 Å². The third-order valence-electron chi connectivity index (χ3n) is 2.33. The molecule has 1 saturated heterocycles. The van der Waals surface area contributed by atoms with Crippen LogP contribution in [-0.2, 0) is 4.79 Å². The Bertz CT molecular complexity index is 165. The van der Waals surface area contributed by atoms with Gasteiger partial charge in [-0.3, -0.25) is 4.79 Å². The average molecular weight is 154 g/mol. The van der Waals surface area contributed by atoms with Crippen LogP contribution in [-0.4, -0.2) is 25.0 Å². The highest BCUT2D eigenvalue weighted by atomic mass is 16.1. The number of carbonyl (C=O) groups is 1. The van der Waals surface area contributed by atoms with Gasteiger partial charge in [0.25, 0.3) is 0 Å². The summed E-state index contributed by atoms with van der Waals surface area (Å²) < 4.78 is 0. The Kier molecular flexibility index (Phi) is 1.82. The van der Waals surface area contributed by atoms with Crippen molar-refractivity contribution in [2.75, 3.05) is 13.1 Å². The first-order chi connectivity index (χ1) is 5.34. The molecular formula is C8H14N2O. The lowest BCUT2D eigenvalue weighted by atomic mass is 10.1. The van der Waals surface area contributed by atoms with Gasteiger partial charge >= 0.3 is 0 Å². The van der Waals surface area contributed by atoms with Gasteiger partial charge in [-0.25, -0.2) is 0 Å². The molecule has 1 heterocycles. The largest absolute Gasteiger partial charge is 0.356 e. The summed E-state index contributed by atoms with van der Waals surface area (Å²) in [4.78, 5) is 10.8. The summed E-state index contributed by atoms with van der Waals surface area (Å²) in [5, 5.41) is 6.26. The van der Waals surface area contributed by atoms with E-state index in [1.807, 2.05) is 0 Å². The Hall–Kier alpha value is -0.570. The maximum atomic E-state index is 10.8. The van der Waals surface area contributed by atoms with Crippen molar-refractivity contribution in [3.05, 3.63) is 0 Å². The molecule has 0 aromatic heterocycles. The van der Waals surface area contributed by atoms with Crippen molar-refractivity contribution in [1.29, 1.82) is 0 Å². The zero-order chi connectivity index (χ0) is 7.68. The SMILES string of the molecule is O=C1C[C@H](CNC2CC2)CN1. The van der Waals surface area contributed by atoms with Crippen LogP contribution in [0.4, 0.5) is 0 Å². The van der Waals surface area contributed by atoms with E-state index in [0.29, 0.717) is 5.92 Å². The van der Waals surface area contributed by atoms with Gasteiger partial charge in [0, 0.05) is 25.6 Å². The van der Waals surface area contributed by atoms with Gasteiger partial charge in [-0.1, -0.05) is 0 Å². The fourth-order valence-corrected chi connectivity index (χ4v) is 1.43. The molecule has 0 bridgehead atoms. The molecule has 2 aliphatic rings. The molecule has 0 aromatic carbocycles. The van der Waals surface area contributed by atoms with Gasteiger partial charge in [-0.05, 0) is 18.8 Å². The van der Waals surface area contributed by atoms with Crippen molar-refractivity contribution in [3.8, 4) is 0 Å². The smallest absolute Gasteiger partial charge is 0.220 e. The third-order valence-corrected chi connectivity index (χ3v) is 2.33. The van der Waals surface area contributed by atoms with Gasteiger partial charge in [0.2, 0.25) is 5.91 Å². The summed E-state index contributed by atoms with van der Waals surface area (Å²) in [6, 6.07) is 0.769. The second-order valence-corrected chi connectivity index (χ2v) is 3.56. The molecule has 1 aliphatic heterocycles. The van der Waals surface area contributed by atoms with Crippen LogP contribution in [0.25, 0.3) is 0 Å². The van der Waals surface area contributed by atoms with Crippen LogP contribution in [0.2, 0.25) is 0 Å². The second-order valence-electron chi connectivity index (χ2n) is 3.56. The molecular weight excluding hydrogens is 140 g/mol. The summed E-state index contributed by atoms with van der Waals surface area (Å²) in [7, 11) is 0. The second kappa shape index (κ2) is 2.81. The summed E-state index contributed by atoms with van der Waals surface area (Å²) in [5.74, 6) is 0.760. The molecule has 3 heteroatoms. The predicted molar refractivity (Wildman–Crippen MR) is 42.1 cm³/mol. The van der Waals surface area contributed by atoms with Gasteiger partial charge in [-0.15, -0.1) is 0 Å². The van der Waals surface area contributed by atoms with Crippen molar-refractivity contribution >= 4 is 5.91 Å². The van der Waals surface area contributed by atoms with Gasteiger partial charge in [-0.2, -0.15) is 0 Å². The van der Waals surface area contributed by atoms with Crippen molar-refractivity contribution in [1.82, 2.24) is 10.6 Å². The molecule has 0 aromatic rings. The summed E-state index contributed by atoms with van der Waals surface area (Å²) in [5.41, 5.74) is 0. The number of hydrogen-bond donors (Lipinski definition) is 2. The van der Waals surface area contributed by atoms with E-state index >= 15 is 0 Å². The maximum Gasteiger partial charge on any atom is 0.220 e. The molecule has 1 amide bonds. The monoisotopic (exact) mass is 154 g/mol. The van der Waals surface area contributed by atoms with E-state index in [4.69, 9.17) is 0 Å². The van der Waals surface area contributed by atoms with Crippen molar-refractivity contribution in [3.63, 3.8) is 0 Å². The minimum atomic E-state index is 0.215. The number of rotatable bonds is 3. The van der Waals surface area contributed by atoms with E-state index in [9.17, 15) is 4.79 Å². The van der Waals surface area contributed by atoms with Crippen LogP contribution in [0.1, 0.15) is 19.3 Å². The molecule has 3 nitrogen and oxygen atoms in total. The number of nitrogens with one attached hydrogen (secondary N) is 2. The van der Waals surface area contributed by atoms with Crippen LogP contribution < -0.4 is 10.6 Å². The lowest BCUT2D eigenvalue weighted by Gasteiger charge is -2.06. The molecule has 11 heavy (non-hydrogen) atoms. The maximum absolute atomic E-state index is 10.8.